The van der Waals surface area contributed by atoms with Crippen molar-refractivity contribution in [2.24, 2.45) is 5.92 Å². The summed E-state index contributed by atoms with van der Waals surface area (Å²) in [5.74, 6) is 0.236. The van der Waals surface area contributed by atoms with Gasteiger partial charge in [-0.3, -0.25) is 9.59 Å². The lowest BCUT2D eigenvalue weighted by molar-refractivity contribution is -0.119. The first kappa shape index (κ1) is 25.1. The molecule has 8 heteroatoms. The molecule has 2 fully saturated rings. The van der Waals surface area contributed by atoms with E-state index in [1.165, 1.54) is 25.7 Å². The van der Waals surface area contributed by atoms with Crippen LogP contribution in [0.5, 0.6) is 0 Å². The molecule has 5 rings (SSSR count). The molecule has 2 aliphatic rings. The van der Waals surface area contributed by atoms with Gasteiger partial charge >= 0.3 is 0 Å². The Labute approximate surface area is 221 Å². The molecule has 0 spiro atoms. The van der Waals surface area contributed by atoms with Crippen LogP contribution < -0.4 is 10.6 Å². The van der Waals surface area contributed by atoms with Gasteiger partial charge in [-0.15, -0.1) is 0 Å². The molecule has 3 N–H and O–H groups in total. The molecule has 1 aliphatic carbocycles. The van der Waals surface area contributed by atoms with Crippen LogP contribution in [0.4, 0.5) is 5.69 Å². The van der Waals surface area contributed by atoms with Crippen molar-refractivity contribution in [1.29, 1.82) is 0 Å². The summed E-state index contributed by atoms with van der Waals surface area (Å²) in [4.78, 5) is 31.4. The van der Waals surface area contributed by atoms with E-state index in [2.05, 4.69) is 20.5 Å². The van der Waals surface area contributed by atoms with Crippen LogP contribution in [0.2, 0.25) is 10.0 Å². The highest BCUT2D eigenvalue weighted by Crippen LogP contribution is 2.30. The molecular formula is C28H32Cl2N4O2. The minimum absolute atomic E-state index is 0.0754. The maximum absolute atomic E-state index is 13.1. The number of piperidine rings is 1. The number of aromatic nitrogens is 1. The van der Waals surface area contributed by atoms with Gasteiger partial charge < -0.3 is 20.5 Å². The third-order valence-electron chi connectivity index (χ3n) is 7.59. The Bertz CT molecular complexity index is 1240. The summed E-state index contributed by atoms with van der Waals surface area (Å²) in [7, 11) is 0. The summed E-state index contributed by atoms with van der Waals surface area (Å²) >= 11 is 12.6. The van der Waals surface area contributed by atoms with Crippen molar-refractivity contribution in [1.82, 2.24) is 15.2 Å². The van der Waals surface area contributed by atoms with Crippen molar-refractivity contribution < 1.29 is 9.59 Å². The second kappa shape index (κ2) is 11.2. The standard InChI is InChI=1S/C28H32Cl2N4O2/c29-20-8-9-23-19(14-20)15-25(33-23)28(36)22-6-3-7-24(27(22)30)31-17-26(35)32-16-18-10-12-34(13-11-18)21-4-1-2-5-21/h3,6-9,14-15,18,21,31,33H,1-2,4-5,10-13,16-17H2,(H,32,35). The van der Waals surface area contributed by atoms with Gasteiger partial charge in [0.15, 0.2) is 0 Å². The van der Waals surface area contributed by atoms with Gasteiger partial charge in [-0.05, 0) is 81.1 Å². The third-order valence-corrected chi connectivity index (χ3v) is 8.23. The zero-order chi connectivity index (χ0) is 25.1. The van der Waals surface area contributed by atoms with E-state index >= 15 is 0 Å². The summed E-state index contributed by atoms with van der Waals surface area (Å²) in [5.41, 5.74) is 2.19. The Kier molecular flexibility index (Phi) is 7.85. The normalized spacial score (nSPS) is 17.5. The van der Waals surface area contributed by atoms with E-state index in [4.69, 9.17) is 23.2 Å². The molecule has 1 aromatic heterocycles. The number of hydrogen-bond donors (Lipinski definition) is 3. The van der Waals surface area contributed by atoms with E-state index < -0.39 is 0 Å². The number of hydrogen-bond acceptors (Lipinski definition) is 4. The maximum Gasteiger partial charge on any atom is 0.239 e. The Morgan fingerprint density at radius 1 is 1.00 bits per heavy atom. The zero-order valence-electron chi connectivity index (χ0n) is 20.3. The Balaban J connectivity index is 1.13. The first-order valence-electron chi connectivity index (χ1n) is 12.8. The maximum atomic E-state index is 13.1. The Morgan fingerprint density at radius 3 is 2.56 bits per heavy atom. The Hall–Kier alpha value is -2.54. The van der Waals surface area contributed by atoms with Crippen LogP contribution in [0.25, 0.3) is 10.9 Å². The van der Waals surface area contributed by atoms with Crippen molar-refractivity contribution in [3.05, 3.63) is 63.8 Å². The average molecular weight is 527 g/mol. The molecule has 1 aliphatic heterocycles. The molecule has 190 valence electrons. The number of amides is 1. The predicted octanol–water partition coefficient (Wildman–Crippen LogP) is 5.89. The smallest absolute Gasteiger partial charge is 0.239 e. The summed E-state index contributed by atoms with van der Waals surface area (Å²) < 4.78 is 0. The highest BCUT2D eigenvalue weighted by atomic mass is 35.5. The van der Waals surface area contributed by atoms with Gasteiger partial charge in [0.2, 0.25) is 11.7 Å². The number of rotatable bonds is 8. The second-order valence-electron chi connectivity index (χ2n) is 9.99. The van der Waals surface area contributed by atoms with E-state index in [9.17, 15) is 9.59 Å². The molecule has 2 heterocycles. The van der Waals surface area contributed by atoms with E-state index in [1.54, 1.807) is 36.4 Å². The number of anilines is 1. The molecule has 1 saturated heterocycles. The van der Waals surface area contributed by atoms with Crippen molar-refractivity contribution in [2.75, 3.05) is 31.5 Å². The summed E-state index contributed by atoms with van der Waals surface area (Å²) in [5, 5.41) is 7.92. The molecule has 36 heavy (non-hydrogen) atoms. The zero-order valence-corrected chi connectivity index (χ0v) is 21.8. The number of ketones is 1. The van der Waals surface area contributed by atoms with Gasteiger partial charge in [0.25, 0.3) is 0 Å². The topological polar surface area (TPSA) is 77.2 Å². The number of halogens is 2. The van der Waals surface area contributed by atoms with Crippen molar-refractivity contribution in [3.8, 4) is 0 Å². The number of carbonyl (C=O) groups excluding carboxylic acids is 2. The van der Waals surface area contributed by atoms with Gasteiger partial charge in [0.05, 0.1) is 22.9 Å². The number of nitrogens with one attached hydrogen (secondary N) is 3. The highest BCUT2D eigenvalue weighted by molar-refractivity contribution is 6.37. The molecule has 1 amide bonds. The molecule has 2 aromatic carbocycles. The predicted molar refractivity (Wildman–Crippen MR) is 146 cm³/mol. The largest absolute Gasteiger partial charge is 0.375 e. The van der Waals surface area contributed by atoms with E-state index in [-0.39, 0.29) is 18.2 Å². The number of H-pyrrole nitrogens is 1. The molecule has 0 bridgehead atoms. The molecule has 0 unspecified atom stereocenters. The summed E-state index contributed by atoms with van der Waals surface area (Å²) in [6, 6.07) is 13.2. The first-order valence-corrected chi connectivity index (χ1v) is 13.6. The monoisotopic (exact) mass is 526 g/mol. The first-order chi connectivity index (χ1) is 17.5. The van der Waals surface area contributed by atoms with Gasteiger partial charge in [-0.25, -0.2) is 0 Å². The van der Waals surface area contributed by atoms with E-state index in [0.29, 0.717) is 39.5 Å². The lowest BCUT2D eigenvalue weighted by atomic mass is 9.95. The number of likely N-dealkylation sites (tertiary alicyclic amines) is 1. The van der Waals surface area contributed by atoms with Gasteiger partial charge in [0.1, 0.15) is 0 Å². The average Bonchev–Trinajstić information content (AvgIpc) is 3.57. The van der Waals surface area contributed by atoms with Crippen LogP contribution in [-0.4, -0.2) is 53.8 Å². The SMILES string of the molecule is O=C(CNc1cccc(C(=O)c2cc3cc(Cl)ccc3[nH]2)c1Cl)NCC1CCN(C2CCCC2)CC1. The van der Waals surface area contributed by atoms with Crippen LogP contribution in [0.15, 0.2) is 42.5 Å². The van der Waals surface area contributed by atoms with Crippen LogP contribution >= 0.6 is 23.2 Å². The molecule has 6 nitrogen and oxygen atoms in total. The van der Waals surface area contributed by atoms with Crippen LogP contribution in [0.3, 0.4) is 0 Å². The van der Waals surface area contributed by atoms with Crippen molar-refractivity contribution in [3.63, 3.8) is 0 Å². The minimum Gasteiger partial charge on any atom is -0.375 e. The lowest BCUT2D eigenvalue weighted by Gasteiger charge is -2.36. The van der Waals surface area contributed by atoms with Gasteiger partial charge in [-0.2, -0.15) is 0 Å². The summed E-state index contributed by atoms with van der Waals surface area (Å²) in [6.45, 7) is 3.09. The number of benzene rings is 2. The molecule has 1 saturated carbocycles. The Morgan fingerprint density at radius 2 is 1.78 bits per heavy atom. The van der Waals surface area contributed by atoms with Crippen molar-refractivity contribution >= 4 is 51.5 Å². The molecule has 3 aromatic rings. The van der Waals surface area contributed by atoms with Crippen LogP contribution in [0.1, 0.15) is 54.6 Å². The molecule has 0 atom stereocenters. The van der Waals surface area contributed by atoms with Gasteiger partial charge in [-0.1, -0.05) is 42.1 Å². The van der Waals surface area contributed by atoms with E-state index in [1.807, 2.05) is 6.07 Å². The molecule has 0 radical (unpaired) electrons. The highest BCUT2D eigenvalue weighted by Gasteiger charge is 2.27. The number of nitrogens with zero attached hydrogens (tertiary/aromatic N) is 1. The van der Waals surface area contributed by atoms with Crippen LogP contribution in [0, 0.1) is 5.92 Å². The van der Waals surface area contributed by atoms with E-state index in [0.717, 1.165) is 42.9 Å². The third kappa shape index (κ3) is 5.72. The summed E-state index contributed by atoms with van der Waals surface area (Å²) in [6.07, 6.45) is 7.71. The second-order valence-corrected chi connectivity index (χ2v) is 10.8. The fraction of sp³-hybridized carbons (Fsp3) is 0.429. The minimum atomic E-state index is -0.218. The number of aromatic amines is 1. The number of fused-ring (bicyclic) bond motifs is 1. The van der Waals surface area contributed by atoms with Crippen LogP contribution in [-0.2, 0) is 4.79 Å². The fourth-order valence-electron chi connectivity index (χ4n) is 5.50. The number of carbonyl (C=O) groups is 2. The van der Waals surface area contributed by atoms with Crippen molar-refractivity contribution in [2.45, 2.75) is 44.6 Å². The quantitative estimate of drug-likeness (QED) is 0.320. The molecular weight excluding hydrogens is 495 g/mol. The van der Waals surface area contributed by atoms with Gasteiger partial charge in [0, 0.05) is 34.1 Å². The fourth-order valence-corrected chi connectivity index (χ4v) is 5.96. The lowest BCUT2D eigenvalue weighted by Crippen LogP contribution is -2.43.